The Morgan fingerprint density at radius 2 is 2.00 bits per heavy atom. The molecular weight excluding hydrogens is 356 g/mol. The Morgan fingerprint density at radius 1 is 1.26 bits per heavy atom. The first-order valence-electron chi connectivity index (χ1n) is 8.41. The maximum atomic E-state index is 12.5. The van der Waals surface area contributed by atoms with Crippen molar-refractivity contribution in [2.24, 2.45) is 5.92 Å². The van der Waals surface area contributed by atoms with E-state index in [9.17, 15) is 9.59 Å². The van der Waals surface area contributed by atoms with Gasteiger partial charge in [-0.15, -0.1) is 0 Å². The quantitative estimate of drug-likeness (QED) is 0.873. The van der Waals surface area contributed by atoms with Crippen LogP contribution in [0.2, 0.25) is 0 Å². The maximum absolute atomic E-state index is 12.5. The second kappa shape index (κ2) is 7.04. The van der Waals surface area contributed by atoms with Crippen LogP contribution in [0.5, 0.6) is 0 Å². The summed E-state index contributed by atoms with van der Waals surface area (Å²) in [7, 11) is 0. The van der Waals surface area contributed by atoms with Crippen molar-refractivity contribution in [3.63, 3.8) is 0 Å². The van der Waals surface area contributed by atoms with E-state index in [0.29, 0.717) is 19.0 Å². The number of nitrogens with one attached hydrogen (secondary N) is 1. The van der Waals surface area contributed by atoms with Crippen LogP contribution < -0.4 is 10.2 Å². The van der Waals surface area contributed by atoms with Crippen molar-refractivity contribution >= 4 is 33.4 Å². The Labute approximate surface area is 145 Å². The molecule has 3 rings (SSSR count). The molecule has 1 aromatic carbocycles. The lowest BCUT2D eigenvalue weighted by atomic mass is 9.95. The van der Waals surface area contributed by atoms with E-state index in [1.165, 1.54) is 19.3 Å². The van der Waals surface area contributed by atoms with Crippen LogP contribution in [-0.4, -0.2) is 24.4 Å². The van der Waals surface area contributed by atoms with E-state index in [-0.39, 0.29) is 17.7 Å². The second-order valence-electron chi connectivity index (χ2n) is 6.68. The van der Waals surface area contributed by atoms with Crippen LogP contribution in [0.1, 0.15) is 44.1 Å². The van der Waals surface area contributed by atoms with Crippen LogP contribution >= 0.6 is 15.9 Å². The summed E-state index contributed by atoms with van der Waals surface area (Å²) in [6.45, 7) is 2.49. The van der Waals surface area contributed by atoms with E-state index < -0.39 is 0 Å². The minimum atomic E-state index is -0.228. The Bertz CT molecular complexity index is 611. The zero-order valence-corrected chi connectivity index (χ0v) is 15.1. The van der Waals surface area contributed by atoms with Gasteiger partial charge in [0.1, 0.15) is 0 Å². The molecule has 0 radical (unpaired) electrons. The lowest BCUT2D eigenvalue weighted by Crippen LogP contribution is -2.40. The molecule has 1 heterocycles. The van der Waals surface area contributed by atoms with Crippen molar-refractivity contribution in [3.05, 3.63) is 28.2 Å². The third-order valence-electron chi connectivity index (χ3n) is 4.90. The summed E-state index contributed by atoms with van der Waals surface area (Å²) in [4.78, 5) is 26.5. The number of halogens is 1. The predicted molar refractivity (Wildman–Crippen MR) is 94.4 cm³/mol. The van der Waals surface area contributed by atoms with Gasteiger partial charge in [-0.1, -0.05) is 35.2 Å². The molecule has 124 valence electrons. The molecule has 1 atom stereocenters. The molecule has 1 aliphatic heterocycles. The smallest absolute Gasteiger partial charge is 0.227 e. The minimum Gasteiger partial charge on any atom is -0.353 e. The first-order valence-corrected chi connectivity index (χ1v) is 9.21. The van der Waals surface area contributed by atoms with Crippen molar-refractivity contribution in [1.29, 1.82) is 0 Å². The van der Waals surface area contributed by atoms with Gasteiger partial charge in [0.2, 0.25) is 11.8 Å². The second-order valence-corrected chi connectivity index (χ2v) is 7.54. The van der Waals surface area contributed by atoms with E-state index in [2.05, 4.69) is 21.2 Å². The molecule has 1 unspecified atom stereocenters. The number of hydrogen-bond donors (Lipinski definition) is 1. The lowest BCUT2D eigenvalue weighted by Gasteiger charge is -2.24. The highest BCUT2D eigenvalue weighted by Gasteiger charge is 2.36. The van der Waals surface area contributed by atoms with Crippen LogP contribution in [-0.2, 0) is 9.59 Å². The third kappa shape index (κ3) is 3.77. The van der Waals surface area contributed by atoms with Gasteiger partial charge in [0.15, 0.2) is 0 Å². The molecule has 1 saturated heterocycles. The van der Waals surface area contributed by atoms with Gasteiger partial charge in [-0.05, 0) is 43.5 Å². The van der Waals surface area contributed by atoms with Crippen LogP contribution in [0.25, 0.3) is 0 Å². The first kappa shape index (κ1) is 16.5. The fourth-order valence-corrected chi connectivity index (χ4v) is 3.74. The summed E-state index contributed by atoms with van der Waals surface area (Å²) in [5.41, 5.74) is 1.97. The molecule has 2 amide bonds. The molecule has 1 aliphatic carbocycles. The molecule has 23 heavy (non-hydrogen) atoms. The largest absolute Gasteiger partial charge is 0.353 e. The Hall–Kier alpha value is -1.36. The topological polar surface area (TPSA) is 49.4 Å². The zero-order chi connectivity index (χ0) is 16.4. The van der Waals surface area contributed by atoms with Gasteiger partial charge in [-0.2, -0.15) is 0 Å². The molecular formula is C18H23BrN2O2. The molecule has 0 aromatic heterocycles. The van der Waals surface area contributed by atoms with Gasteiger partial charge in [-0.3, -0.25) is 9.59 Å². The first-order chi connectivity index (χ1) is 11.0. The number of anilines is 1. The van der Waals surface area contributed by atoms with Crippen LogP contribution in [0, 0.1) is 12.8 Å². The van der Waals surface area contributed by atoms with Gasteiger partial charge in [0, 0.05) is 29.2 Å². The SMILES string of the molecule is Cc1cc(N2CC(C(=O)NC3CCCCC3)CC2=O)ccc1Br. The number of nitrogens with zero attached hydrogens (tertiary/aromatic N) is 1. The molecule has 1 saturated carbocycles. The molecule has 4 nitrogen and oxygen atoms in total. The third-order valence-corrected chi connectivity index (χ3v) is 5.79. The fourth-order valence-electron chi connectivity index (χ4n) is 3.50. The van der Waals surface area contributed by atoms with Crippen molar-refractivity contribution < 1.29 is 9.59 Å². The van der Waals surface area contributed by atoms with Gasteiger partial charge < -0.3 is 10.2 Å². The molecule has 0 bridgehead atoms. The highest BCUT2D eigenvalue weighted by atomic mass is 79.9. The standard InChI is InChI=1S/C18H23BrN2O2/c1-12-9-15(7-8-16(12)19)21-11-13(10-17(21)22)18(23)20-14-5-3-2-4-6-14/h7-9,13-14H,2-6,10-11H2,1H3,(H,20,23). The number of hydrogen-bond acceptors (Lipinski definition) is 2. The van der Waals surface area contributed by atoms with Crippen molar-refractivity contribution in [3.8, 4) is 0 Å². The Balaban J connectivity index is 1.64. The van der Waals surface area contributed by atoms with Crippen LogP contribution in [0.15, 0.2) is 22.7 Å². The van der Waals surface area contributed by atoms with E-state index in [4.69, 9.17) is 0 Å². The van der Waals surface area contributed by atoms with E-state index in [1.807, 2.05) is 25.1 Å². The summed E-state index contributed by atoms with van der Waals surface area (Å²) in [6.07, 6.45) is 6.11. The maximum Gasteiger partial charge on any atom is 0.227 e. The van der Waals surface area contributed by atoms with Crippen molar-refractivity contribution in [1.82, 2.24) is 5.32 Å². The molecule has 0 spiro atoms. The predicted octanol–water partition coefficient (Wildman–Crippen LogP) is 3.56. The number of amides is 2. The zero-order valence-electron chi connectivity index (χ0n) is 13.5. The number of benzene rings is 1. The van der Waals surface area contributed by atoms with Gasteiger partial charge in [0.25, 0.3) is 0 Å². The number of aryl methyl sites for hydroxylation is 1. The molecule has 1 aromatic rings. The highest BCUT2D eigenvalue weighted by molar-refractivity contribution is 9.10. The fraction of sp³-hybridized carbons (Fsp3) is 0.556. The van der Waals surface area contributed by atoms with Crippen LogP contribution in [0.3, 0.4) is 0 Å². The van der Waals surface area contributed by atoms with Crippen molar-refractivity contribution in [2.75, 3.05) is 11.4 Å². The van der Waals surface area contributed by atoms with E-state index in [0.717, 1.165) is 28.6 Å². The summed E-state index contributed by atoms with van der Waals surface area (Å²) in [6, 6.07) is 6.17. The lowest BCUT2D eigenvalue weighted by molar-refractivity contribution is -0.127. The molecule has 2 aliphatic rings. The van der Waals surface area contributed by atoms with Gasteiger partial charge in [-0.25, -0.2) is 0 Å². The average Bonchev–Trinajstić information content (AvgIpc) is 2.93. The van der Waals surface area contributed by atoms with Gasteiger partial charge >= 0.3 is 0 Å². The molecule has 5 heteroatoms. The molecule has 2 fully saturated rings. The monoisotopic (exact) mass is 378 g/mol. The highest BCUT2D eigenvalue weighted by Crippen LogP contribution is 2.29. The summed E-state index contributed by atoms with van der Waals surface area (Å²) < 4.78 is 1.03. The minimum absolute atomic E-state index is 0.0375. The summed E-state index contributed by atoms with van der Waals surface area (Å²) in [5.74, 6) is -0.148. The Kier molecular flexibility index (Phi) is 5.05. The molecule has 1 N–H and O–H groups in total. The number of carbonyl (C=O) groups excluding carboxylic acids is 2. The van der Waals surface area contributed by atoms with E-state index >= 15 is 0 Å². The summed E-state index contributed by atoms with van der Waals surface area (Å²) in [5, 5.41) is 3.15. The van der Waals surface area contributed by atoms with Crippen molar-refractivity contribution in [2.45, 2.75) is 51.5 Å². The van der Waals surface area contributed by atoms with E-state index in [1.54, 1.807) is 4.90 Å². The average molecular weight is 379 g/mol. The normalized spacial score (nSPS) is 22.4. The number of rotatable bonds is 3. The Morgan fingerprint density at radius 3 is 2.70 bits per heavy atom. The number of carbonyl (C=O) groups is 2. The van der Waals surface area contributed by atoms with Gasteiger partial charge in [0.05, 0.1) is 5.92 Å². The summed E-state index contributed by atoms with van der Waals surface area (Å²) >= 11 is 3.48. The van der Waals surface area contributed by atoms with Crippen LogP contribution in [0.4, 0.5) is 5.69 Å².